The van der Waals surface area contributed by atoms with Crippen molar-refractivity contribution in [3.63, 3.8) is 0 Å². The summed E-state index contributed by atoms with van der Waals surface area (Å²) in [5.41, 5.74) is 4.95. The summed E-state index contributed by atoms with van der Waals surface area (Å²) in [6, 6.07) is 0. The maximum absolute atomic E-state index is 4.53. The lowest BCUT2D eigenvalue weighted by Crippen LogP contribution is -2.36. The van der Waals surface area contributed by atoms with Crippen LogP contribution in [0, 0.1) is 0 Å². The molecule has 0 N–H and O–H groups in total. The molecule has 4 heterocycles. The third-order valence-corrected chi connectivity index (χ3v) is 3.48. The molecule has 0 amide bonds. The quantitative estimate of drug-likeness (QED) is 0.640. The topological polar surface area (TPSA) is 34.0 Å². The molecule has 0 bridgehead atoms. The van der Waals surface area contributed by atoms with Crippen molar-refractivity contribution in [2.24, 2.45) is 0 Å². The molecule has 0 aromatic carbocycles. The van der Waals surface area contributed by atoms with Crippen molar-refractivity contribution in [1.29, 1.82) is 0 Å². The van der Waals surface area contributed by atoms with Crippen LogP contribution < -0.4 is 4.90 Å². The molecule has 0 aliphatic carbocycles. The Bertz CT molecular complexity index is 543. The molecule has 0 fully saturated rings. The number of pyridine rings is 1. The van der Waals surface area contributed by atoms with E-state index in [0.29, 0.717) is 0 Å². The Morgan fingerprint density at radius 3 is 3.13 bits per heavy atom. The maximum Gasteiger partial charge on any atom is 0.109 e. The SMILES string of the molecule is c1nc2c3c4c1ncn4CCN3CCC2. The van der Waals surface area contributed by atoms with Crippen LogP contribution in [0.4, 0.5) is 5.69 Å². The van der Waals surface area contributed by atoms with E-state index in [4.69, 9.17) is 0 Å². The summed E-state index contributed by atoms with van der Waals surface area (Å²) in [7, 11) is 0. The lowest BCUT2D eigenvalue weighted by atomic mass is 10.1. The van der Waals surface area contributed by atoms with Gasteiger partial charge in [0.25, 0.3) is 0 Å². The van der Waals surface area contributed by atoms with Gasteiger partial charge in [-0.05, 0) is 12.8 Å². The second-order valence-electron chi connectivity index (χ2n) is 4.32. The van der Waals surface area contributed by atoms with Gasteiger partial charge in [-0.25, -0.2) is 4.98 Å². The Balaban J connectivity index is 2.17. The van der Waals surface area contributed by atoms with Crippen molar-refractivity contribution >= 4 is 16.7 Å². The number of imidazole rings is 1. The van der Waals surface area contributed by atoms with Crippen LogP contribution in [0.1, 0.15) is 12.1 Å². The summed E-state index contributed by atoms with van der Waals surface area (Å²) >= 11 is 0. The van der Waals surface area contributed by atoms with Crippen molar-refractivity contribution in [3.8, 4) is 0 Å². The molecule has 0 spiro atoms. The van der Waals surface area contributed by atoms with Gasteiger partial charge >= 0.3 is 0 Å². The molecule has 15 heavy (non-hydrogen) atoms. The van der Waals surface area contributed by atoms with Crippen LogP contribution in [0.3, 0.4) is 0 Å². The second kappa shape index (κ2) is 2.51. The molecule has 2 aliphatic heterocycles. The van der Waals surface area contributed by atoms with Gasteiger partial charge in [-0.1, -0.05) is 0 Å². The summed E-state index contributed by atoms with van der Waals surface area (Å²) in [6.45, 7) is 3.35. The minimum Gasteiger partial charge on any atom is -0.367 e. The van der Waals surface area contributed by atoms with Gasteiger partial charge < -0.3 is 9.47 Å². The van der Waals surface area contributed by atoms with E-state index in [9.17, 15) is 0 Å². The molecule has 2 aromatic heterocycles. The standard InChI is InChI=1S/C11H12N4/c1-2-8-10-11-9(6-12-8)13-7-15(11)5-4-14(10)3-1/h6-7H,1-5H2. The van der Waals surface area contributed by atoms with Crippen molar-refractivity contribution in [2.75, 3.05) is 18.0 Å². The van der Waals surface area contributed by atoms with Crippen LogP contribution >= 0.6 is 0 Å². The molecule has 4 nitrogen and oxygen atoms in total. The summed E-state index contributed by atoms with van der Waals surface area (Å²) in [4.78, 5) is 11.4. The van der Waals surface area contributed by atoms with E-state index in [2.05, 4.69) is 19.4 Å². The third kappa shape index (κ3) is 0.868. The van der Waals surface area contributed by atoms with E-state index in [1.807, 2.05) is 12.5 Å². The highest BCUT2D eigenvalue weighted by molar-refractivity contribution is 5.91. The predicted octanol–water partition coefficient (Wildman–Crippen LogP) is 1.20. The Morgan fingerprint density at radius 2 is 2.13 bits per heavy atom. The Morgan fingerprint density at radius 1 is 1.13 bits per heavy atom. The van der Waals surface area contributed by atoms with Gasteiger partial charge in [0, 0.05) is 19.6 Å². The smallest absolute Gasteiger partial charge is 0.109 e. The molecule has 0 saturated heterocycles. The lowest BCUT2D eigenvalue weighted by Gasteiger charge is -2.34. The Hall–Kier alpha value is -1.58. The van der Waals surface area contributed by atoms with Crippen molar-refractivity contribution < 1.29 is 0 Å². The maximum atomic E-state index is 4.53. The first-order valence-corrected chi connectivity index (χ1v) is 5.51. The number of rotatable bonds is 0. The number of anilines is 1. The molecule has 0 saturated carbocycles. The zero-order valence-electron chi connectivity index (χ0n) is 8.48. The molecule has 0 radical (unpaired) electrons. The predicted molar refractivity (Wildman–Crippen MR) is 58.1 cm³/mol. The van der Waals surface area contributed by atoms with E-state index in [1.54, 1.807) is 0 Å². The Labute approximate surface area is 87.5 Å². The van der Waals surface area contributed by atoms with Crippen LogP contribution in [-0.4, -0.2) is 27.6 Å². The molecule has 0 unspecified atom stereocenters. The highest BCUT2D eigenvalue weighted by Gasteiger charge is 2.26. The zero-order chi connectivity index (χ0) is 9.83. The highest BCUT2D eigenvalue weighted by atomic mass is 15.2. The van der Waals surface area contributed by atoms with Gasteiger partial charge in [0.1, 0.15) is 5.52 Å². The van der Waals surface area contributed by atoms with Crippen LogP contribution in [0.2, 0.25) is 0 Å². The fourth-order valence-corrected chi connectivity index (χ4v) is 2.77. The molecule has 4 heteroatoms. The van der Waals surface area contributed by atoms with Gasteiger partial charge in [0.15, 0.2) is 0 Å². The molecule has 2 aliphatic rings. The molecular formula is C11H12N4. The van der Waals surface area contributed by atoms with Crippen molar-refractivity contribution in [1.82, 2.24) is 14.5 Å². The largest absolute Gasteiger partial charge is 0.367 e. The number of hydrogen-bond acceptors (Lipinski definition) is 3. The third-order valence-electron chi connectivity index (χ3n) is 3.48. The number of nitrogens with zero attached hydrogens (tertiary/aromatic N) is 4. The average Bonchev–Trinajstić information content (AvgIpc) is 2.71. The summed E-state index contributed by atoms with van der Waals surface area (Å²) in [5, 5.41) is 0. The molecule has 4 rings (SSSR count). The fourth-order valence-electron chi connectivity index (χ4n) is 2.77. The van der Waals surface area contributed by atoms with Gasteiger partial charge in [0.05, 0.1) is 29.4 Å². The lowest BCUT2D eigenvalue weighted by molar-refractivity contribution is 0.604. The summed E-state index contributed by atoms with van der Waals surface area (Å²) in [5.74, 6) is 0. The fraction of sp³-hybridized carbons (Fsp3) is 0.455. The van der Waals surface area contributed by atoms with Gasteiger partial charge in [0.2, 0.25) is 0 Å². The van der Waals surface area contributed by atoms with Crippen LogP contribution in [0.5, 0.6) is 0 Å². The average molecular weight is 200 g/mol. The first kappa shape index (κ1) is 7.68. The summed E-state index contributed by atoms with van der Waals surface area (Å²) < 4.78 is 2.26. The zero-order valence-corrected chi connectivity index (χ0v) is 8.48. The van der Waals surface area contributed by atoms with Crippen molar-refractivity contribution in [3.05, 3.63) is 18.2 Å². The van der Waals surface area contributed by atoms with Gasteiger partial charge in [-0.3, -0.25) is 4.98 Å². The normalized spacial score (nSPS) is 18.5. The first-order valence-electron chi connectivity index (χ1n) is 5.51. The van der Waals surface area contributed by atoms with E-state index in [0.717, 1.165) is 25.0 Å². The molecule has 76 valence electrons. The van der Waals surface area contributed by atoms with Gasteiger partial charge in [-0.15, -0.1) is 0 Å². The van der Waals surface area contributed by atoms with Gasteiger partial charge in [-0.2, -0.15) is 0 Å². The summed E-state index contributed by atoms with van der Waals surface area (Å²) in [6.07, 6.45) is 6.21. The van der Waals surface area contributed by atoms with E-state index < -0.39 is 0 Å². The highest BCUT2D eigenvalue weighted by Crippen LogP contribution is 2.35. The van der Waals surface area contributed by atoms with E-state index in [-0.39, 0.29) is 0 Å². The Kier molecular flexibility index (Phi) is 1.28. The second-order valence-corrected chi connectivity index (χ2v) is 4.32. The minimum absolute atomic E-state index is 1.04. The minimum atomic E-state index is 1.04. The molecule has 0 atom stereocenters. The van der Waals surface area contributed by atoms with Crippen LogP contribution in [0.15, 0.2) is 12.5 Å². The van der Waals surface area contributed by atoms with Crippen molar-refractivity contribution in [2.45, 2.75) is 19.4 Å². The first-order chi connectivity index (χ1) is 7.43. The monoisotopic (exact) mass is 200 g/mol. The van der Waals surface area contributed by atoms with E-state index in [1.165, 1.54) is 29.9 Å². The number of hydrogen-bond donors (Lipinski definition) is 0. The number of aryl methyl sites for hydroxylation is 1. The number of aromatic nitrogens is 3. The van der Waals surface area contributed by atoms with Crippen LogP contribution in [0.25, 0.3) is 11.0 Å². The van der Waals surface area contributed by atoms with Crippen LogP contribution in [-0.2, 0) is 13.0 Å². The molecular weight excluding hydrogens is 188 g/mol. The molecule has 2 aromatic rings. The van der Waals surface area contributed by atoms with E-state index >= 15 is 0 Å².